The Labute approximate surface area is 90.0 Å². The Kier molecular flexibility index (Phi) is 3.49. The molecular formula is C8H4F5NO3. The zero-order valence-corrected chi connectivity index (χ0v) is 7.85. The second-order valence-electron chi connectivity index (χ2n) is 2.80. The van der Waals surface area contributed by atoms with Gasteiger partial charge in [-0.3, -0.25) is 14.6 Å². The molecule has 0 atom stereocenters. The van der Waals surface area contributed by atoms with Crippen molar-refractivity contribution in [2.75, 3.05) is 0 Å². The Hall–Kier alpha value is -1.93. The smallest absolute Gasteiger partial charge is 0.389 e. The second-order valence-corrected chi connectivity index (χ2v) is 2.80. The highest BCUT2D eigenvalue weighted by Gasteiger charge is 2.33. The Balaban J connectivity index is 3.29. The summed E-state index contributed by atoms with van der Waals surface area (Å²) >= 11 is 0. The Morgan fingerprint density at radius 3 is 2.35 bits per heavy atom. The maximum absolute atomic E-state index is 12.2. The van der Waals surface area contributed by atoms with Crippen molar-refractivity contribution in [1.29, 1.82) is 0 Å². The summed E-state index contributed by atoms with van der Waals surface area (Å²) in [6.07, 6.45) is -8.49. The zero-order chi connectivity index (χ0) is 13.2. The molecule has 0 spiro atoms. The van der Waals surface area contributed by atoms with Crippen LogP contribution >= 0.6 is 0 Å². The Morgan fingerprint density at radius 1 is 1.35 bits per heavy atom. The van der Waals surface area contributed by atoms with Crippen molar-refractivity contribution >= 4 is 6.29 Å². The van der Waals surface area contributed by atoms with Crippen molar-refractivity contribution in [3.05, 3.63) is 27.5 Å². The first-order chi connectivity index (χ1) is 7.74. The number of H-pyrrole nitrogens is 1. The zero-order valence-electron chi connectivity index (χ0n) is 7.85. The van der Waals surface area contributed by atoms with Crippen LogP contribution in [0, 0.1) is 0 Å². The predicted molar refractivity (Wildman–Crippen MR) is 44.1 cm³/mol. The van der Waals surface area contributed by atoms with Gasteiger partial charge >= 0.3 is 6.36 Å². The highest BCUT2D eigenvalue weighted by molar-refractivity contribution is 5.78. The summed E-state index contributed by atoms with van der Waals surface area (Å²) in [6.45, 7) is 0. The highest BCUT2D eigenvalue weighted by atomic mass is 19.4. The van der Waals surface area contributed by atoms with Crippen molar-refractivity contribution in [1.82, 2.24) is 4.98 Å². The fourth-order valence-corrected chi connectivity index (χ4v) is 0.996. The summed E-state index contributed by atoms with van der Waals surface area (Å²) in [4.78, 5) is 22.7. The van der Waals surface area contributed by atoms with Gasteiger partial charge in [-0.05, 0) is 6.07 Å². The number of rotatable bonds is 3. The number of aromatic amines is 1. The van der Waals surface area contributed by atoms with Crippen molar-refractivity contribution in [2.24, 2.45) is 0 Å². The monoisotopic (exact) mass is 257 g/mol. The largest absolute Gasteiger partial charge is 0.574 e. The number of alkyl halides is 5. The van der Waals surface area contributed by atoms with E-state index in [2.05, 4.69) is 4.74 Å². The van der Waals surface area contributed by atoms with Crippen molar-refractivity contribution in [3.63, 3.8) is 0 Å². The van der Waals surface area contributed by atoms with Gasteiger partial charge in [0.25, 0.3) is 12.0 Å². The molecule has 1 rings (SSSR count). The lowest BCUT2D eigenvalue weighted by atomic mass is 10.2. The summed E-state index contributed by atoms with van der Waals surface area (Å²) in [6, 6.07) is 0.345. The molecular weight excluding hydrogens is 253 g/mol. The molecule has 0 amide bonds. The molecule has 0 aliphatic heterocycles. The molecule has 0 saturated carbocycles. The maximum atomic E-state index is 12.2. The van der Waals surface area contributed by atoms with E-state index in [0.717, 1.165) is 0 Å². The van der Waals surface area contributed by atoms with E-state index in [0.29, 0.717) is 6.07 Å². The van der Waals surface area contributed by atoms with Crippen LogP contribution in [-0.4, -0.2) is 17.6 Å². The highest BCUT2D eigenvalue weighted by Crippen LogP contribution is 2.24. The van der Waals surface area contributed by atoms with Crippen molar-refractivity contribution in [2.45, 2.75) is 12.8 Å². The van der Waals surface area contributed by atoms with Crippen LogP contribution in [0.1, 0.15) is 22.3 Å². The summed E-state index contributed by atoms with van der Waals surface area (Å²) in [5.74, 6) is -1.22. The van der Waals surface area contributed by atoms with Gasteiger partial charge in [-0.25, -0.2) is 8.78 Å². The fourth-order valence-electron chi connectivity index (χ4n) is 0.996. The van der Waals surface area contributed by atoms with Crippen LogP contribution in [-0.2, 0) is 0 Å². The van der Waals surface area contributed by atoms with Crippen LogP contribution in [0.2, 0.25) is 0 Å². The summed E-state index contributed by atoms with van der Waals surface area (Å²) in [5.41, 5.74) is -3.39. The first-order valence-corrected chi connectivity index (χ1v) is 4.01. The predicted octanol–water partition coefficient (Wildman–Crippen LogP) is 2.02. The van der Waals surface area contributed by atoms with Crippen molar-refractivity contribution in [3.8, 4) is 5.88 Å². The molecule has 0 radical (unpaired) electrons. The van der Waals surface area contributed by atoms with Gasteiger partial charge in [0.05, 0.1) is 11.1 Å². The van der Waals surface area contributed by atoms with E-state index in [4.69, 9.17) is 0 Å². The third kappa shape index (κ3) is 3.26. The lowest BCUT2D eigenvalue weighted by Gasteiger charge is -2.10. The molecule has 0 unspecified atom stereocenters. The number of nitrogens with one attached hydrogen (secondary N) is 1. The van der Waals surface area contributed by atoms with E-state index in [1.54, 1.807) is 0 Å². The van der Waals surface area contributed by atoms with Gasteiger partial charge in [0.1, 0.15) is 0 Å². The van der Waals surface area contributed by atoms with Crippen LogP contribution in [0.15, 0.2) is 10.9 Å². The maximum Gasteiger partial charge on any atom is 0.574 e. The average Bonchev–Trinajstić information content (AvgIpc) is 2.14. The van der Waals surface area contributed by atoms with Gasteiger partial charge in [-0.1, -0.05) is 0 Å². The molecule has 0 aliphatic carbocycles. The molecule has 0 aromatic carbocycles. The van der Waals surface area contributed by atoms with Gasteiger partial charge in [0.2, 0.25) is 5.88 Å². The number of aldehydes is 1. The SMILES string of the molecule is O=Cc1cc(C(F)F)c(=O)[nH]c1OC(F)(F)F. The second kappa shape index (κ2) is 4.52. The summed E-state index contributed by atoms with van der Waals surface area (Å²) < 4.78 is 63.3. The van der Waals surface area contributed by atoms with E-state index < -0.39 is 35.4 Å². The van der Waals surface area contributed by atoms with Gasteiger partial charge in [0.15, 0.2) is 6.29 Å². The van der Waals surface area contributed by atoms with Crippen LogP contribution in [0.3, 0.4) is 0 Å². The minimum absolute atomic E-state index is 0.136. The molecule has 0 aliphatic rings. The van der Waals surface area contributed by atoms with Crippen LogP contribution in [0.4, 0.5) is 22.0 Å². The molecule has 1 aromatic heterocycles. The van der Waals surface area contributed by atoms with E-state index >= 15 is 0 Å². The summed E-state index contributed by atoms with van der Waals surface area (Å²) in [7, 11) is 0. The molecule has 9 heteroatoms. The number of aromatic nitrogens is 1. The lowest BCUT2D eigenvalue weighted by molar-refractivity contribution is -0.276. The first kappa shape index (κ1) is 13.1. The van der Waals surface area contributed by atoms with Gasteiger partial charge in [-0.15, -0.1) is 13.2 Å². The third-order valence-electron chi connectivity index (χ3n) is 1.64. The van der Waals surface area contributed by atoms with E-state index in [1.165, 1.54) is 4.98 Å². The number of hydrogen-bond acceptors (Lipinski definition) is 3. The molecule has 17 heavy (non-hydrogen) atoms. The Morgan fingerprint density at radius 2 is 1.94 bits per heavy atom. The molecule has 94 valence electrons. The fraction of sp³-hybridized carbons (Fsp3) is 0.250. The number of hydrogen-bond donors (Lipinski definition) is 1. The van der Waals surface area contributed by atoms with Gasteiger partial charge < -0.3 is 4.74 Å². The standard InChI is InChI=1S/C8H4F5NO3/c9-5(10)4-1-3(2-15)7(14-6(4)16)17-8(11,12)13/h1-2,5H,(H,14,16). The number of pyridine rings is 1. The molecule has 0 bridgehead atoms. The Bertz CT molecular complexity index is 479. The minimum atomic E-state index is -5.15. The number of carbonyl (C=O) groups excluding carboxylic acids is 1. The average molecular weight is 257 g/mol. The van der Waals surface area contributed by atoms with Crippen LogP contribution in [0.5, 0.6) is 5.88 Å². The van der Waals surface area contributed by atoms with Crippen LogP contribution < -0.4 is 10.3 Å². The molecule has 1 heterocycles. The van der Waals surface area contributed by atoms with Gasteiger partial charge in [0, 0.05) is 0 Å². The lowest BCUT2D eigenvalue weighted by Crippen LogP contribution is -2.23. The molecule has 4 nitrogen and oxygen atoms in total. The first-order valence-electron chi connectivity index (χ1n) is 4.01. The van der Waals surface area contributed by atoms with E-state index in [9.17, 15) is 31.5 Å². The molecule has 1 N–H and O–H groups in total. The molecule has 0 saturated heterocycles. The number of ether oxygens (including phenoxy) is 1. The van der Waals surface area contributed by atoms with Gasteiger partial charge in [-0.2, -0.15) is 0 Å². The summed E-state index contributed by atoms with van der Waals surface area (Å²) in [5, 5.41) is 0. The number of carbonyl (C=O) groups is 1. The molecule has 1 aromatic rings. The topological polar surface area (TPSA) is 59.2 Å². The van der Waals surface area contributed by atoms with E-state index in [1.807, 2.05) is 0 Å². The van der Waals surface area contributed by atoms with Crippen LogP contribution in [0.25, 0.3) is 0 Å². The quantitative estimate of drug-likeness (QED) is 0.665. The normalized spacial score (nSPS) is 11.6. The van der Waals surface area contributed by atoms with Crippen molar-refractivity contribution < 1.29 is 31.5 Å². The third-order valence-corrected chi connectivity index (χ3v) is 1.64. The van der Waals surface area contributed by atoms with E-state index in [-0.39, 0.29) is 6.29 Å². The number of halogens is 5. The molecule has 0 fully saturated rings. The minimum Gasteiger partial charge on any atom is -0.389 e.